The number of alkyl halides is 3. The van der Waals surface area contributed by atoms with Gasteiger partial charge in [-0.15, -0.1) is 0 Å². The van der Waals surface area contributed by atoms with Gasteiger partial charge in [-0.25, -0.2) is 4.39 Å². The van der Waals surface area contributed by atoms with Crippen LogP contribution in [0.1, 0.15) is 64.1 Å². The molecule has 3 aromatic rings. The third-order valence-electron chi connectivity index (χ3n) is 6.69. The molecule has 3 rings (SSSR count). The van der Waals surface area contributed by atoms with E-state index < -0.39 is 35.6 Å². The Balaban J connectivity index is 1.73. The van der Waals surface area contributed by atoms with Gasteiger partial charge in [0.1, 0.15) is 5.82 Å². The van der Waals surface area contributed by atoms with E-state index in [0.29, 0.717) is 24.7 Å². The third-order valence-corrected chi connectivity index (χ3v) is 6.69. The number of aliphatic hydroxyl groups is 1. The summed E-state index contributed by atoms with van der Waals surface area (Å²) in [7, 11) is 0. The summed E-state index contributed by atoms with van der Waals surface area (Å²) >= 11 is 0. The molecular formula is C32H37F4N3O3. The summed E-state index contributed by atoms with van der Waals surface area (Å²) in [6, 6.07) is 17.1. The highest BCUT2D eigenvalue weighted by Gasteiger charge is 2.31. The van der Waals surface area contributed by atoms with Crippen LogP contribution in [0.5, 0.6) is 0 Å². The van der Waals surface area contributed by atoms with Gasteiger partial charge >= 0.3 is 6.18 Å². The average molecular weight is 588 g/mol. The van der Waals surface area contributed by atoms with Crippen LogP contribution in [0.3, 0.4) is 0 Å². The summed E-state index contributed by atoms with van der Waals surface area (Å²) in [5.41, 5.74) is 0.466. The van der Waals surface area contributed by atoms with E-state index in [0.717, 1.165) is 30.5 Å². The van der Waals surface area contributed by atoms with Crippen molar-refractivity contribution in [3.8, 4) is 0 Å². The fourth-order valence-electron chi connectivity index (χ4n) is 4.66. The van der Waals surface area contributed by atoms with Crippen molar-refractivity contribution >= 4 is 11.8 Å². The number of nitrogens with zero attached hydrogens (tertiary/aromatic N) is 1. The van der Waals surface area contributed by atoms with Gasteiger partial charge in [0.25, 0.3) is 11.8 Å². The van der Waals surface area contributed by atoms with E-state index in [1.807, 2.05) is 44.2 Å². The van der Waals surface area contributed by atoms with Crippen LogP contribution < -0.4 is 10.6 Å². The fourth-order valence-corrected chi connectivity index (χ4v) is 4.66. The van der Waals surface area contributed by atoms with Crippen LogP contribution in [0, 0.1) is 5.82 Å². The van der Waals surface area contributed by atoms with Gasteiger partial charge in [0, 0.05) is 37.3 Å². The van der Waals surface area contributed by atoms with Crippen molar-refractivity contribution < 1.29 is 32.3 Å². The number of carbonyl (C=O) groups excluding carboxylic acids is 2. The van der Waals surface area contributed by atoms with Crippen LogP contribution >= 0.6 is 0 Å². The zero-order valence-electron chi connectivity index (χ0n) is 23.8. The molecule has 3 aromatic carbocycles. The summed E-state index contributed by atoms with van der Waals surface area (Å²) in [6.45, 7) is 4.98. The Morgan fingerprint density at radius 1 is 0.881 bits per heavy atom. The van der Waals surface area contributed by atoms with Gasteiger partial charge in [-0.3, -0.25) is 9.59 Å². The normalized spacial score (nSPS) is 12.9. The standard InChI is InChI=1S/C32H37F4N3O3/c1-3-13-39(14-4-2)31(42)25-12-8-11-24(18-25)30(41)38-28(17-22-9-6-5-7-10-22)29(40)21-37-20-23-15-26(32(34,35)36)19-27(33)16-23/h5-12,15-16,18-19,28-29,37,40H,3-4,13-14,17,20-21H2,1-2H3,(H,38,41)/t28-,29+/m0/s1. The molecule has 0 heterocycles. The van der Waals surface area contributed by atoms with E-state index in [-0.39, 0.29) is 36.5 Å². The topological polar surface area (TPSA) is 81.7 Å². The Morgan fingerprint density at radius 2 is 1.55 bits per heavy atom. The Morgan fingerprint density at radius 3 is 2.19 bits per heavy atom. The molecule has 6 nitrogen and oxygen atoms in total. The van der Waals surface area contributed by atoms with E-state index in [2.05, 4.69) is 10.6 Å². The molecule has 0 bridgehead atoms. The minimum Gasteiger partial charge on any atom is -0.390 e. The van der Waals surface area contributed by atoms with Crippen molar-refractivity contribution in [2.75, 3.05) is 19.6 Å². The first-order chi connectivity index (χ1) is 20.0. The van der Waals surface area contributed by atoms with Crippen LogP contribution in [0.25, 0.3) is 0 Å². The van der Waals surface area contributed by atoms with Gasteiger partial charge < -0.3 is 20.6 Å². The molecule has 0 spiro atoms. The van der Waals surface area contributed by atoms with Gasteiger partial charge in [-0.2, -0.15) is 13.2 Å². The predicted octanol–water partition coefficient (Wildman–Crippen LogP) is 5.60. The van der Waals surface area contributed by atoms with Gasteiger partial charge in [-0.1, -0.05) is 50.2 Å². The van der Waals surface area contributed by atoms with Gasteiger partial charge in [0.15, 0.2) is 0 Å². The van der Waals surface area contributed by atoms with Crippen molar-refractivity contribution in [3.05, 3.63) is 106 Å². The summed E-state index contributed by atoms with van der Waals surface area (Å²) in [4.78, 5) is 28.1. The highest BCUT2D eigenvalue weighted by Crippen LogP contribution is 2.30. The second-order valence-corrected chi connectivity index (χ2v) is 10.2. The molecule has 0 aromatic heterocycles. The quantitative estimate of drug-likeness (QED) is 0.215. The van der Waals surface area contributed by atoms with Crippen LogP contribution in [0.4, 0.5) is 17.6 Å². The largest absolute Gasteiger partial charge is 0.416 e. The van der Waals surface area contributed by atoms with Crippen LogP contribution in [0.2, 0.25) is 0 Å². The number of benzene rings is 3. The molecule has 0 aliphatic carbocycles. The molecule has 0 saturated heterocycles. The lowest BCUT2D eigenvalue weighted by molar-refractivity contribution is -0.137. The van der Waals surface area contributed by atoms with E-state index in [4.69, 9.17) is 0 Å². The summed E-state index contributed by atoms with van der Waals surface area (Å²) in [5, 5.41) is 16.7. The maximum absolute atomic E-state index is 13.8. The minimum atomic E-state index is -4.69. The van der Waals surface area contributed by atoms with Gasteiger partial charge in [0.2, 0.25) is 0 Å². The molecular weight excluding hydrogens is 550 g/mol. The number of hydrogen-bond acceptors (Lipinski definition) is 4. The maximum Gasteiger partial charge on any atom is 0.416 e. The monoisotopic (exact) mass is 587 g/mol. The first kappa shape index (κ1) is 32.8. The molecule has 10 heteroatoms. The fraction of sp³-hybridized carbons (Fsp3) is 0.375. The summed E-state index contributed by atoms with van der Waals surface area (Å²) < 4.78 is 53.0. The van der Waals surface area contributed by atoms with E-state index in [1.165, 1.54) is 6.07 Å². The number of aliphatic hydroxyl groups excluding tert-OH is 1. The molecule has 0 unspecified atom stereocenters. The molecule has 0 saturated carbocycles. The van der Waals surface area contributed by atoms with E-state index in [1.54, 1.807) is 23.1 Å². The van der Waals surface area contributed by atoms with Crippen LogP contribution in [-0.2, 0) is 19.1 Å². The zero-order chi connectivity index (χ0) is 30.7. The molecule has 226 valence electrons. The number of rotatable bonds is 14. The third kappa shape index (κ3) is 9.66. The van der Waals surface area contributed by atoms with Crippen LogP contribution in [-0.4, -0.2) is 53.6 Å². The average Bonchev–Trinajstić information content (AvgIpc) is 2.96. The molecule has 42 heavy (non-hydrogen) atoms. The van der Waals surface area contributed by atoms with Crippen molar-refractivity contribution in [1.82, 2.24) is 15.5 Å². The first-order valence-electron chi connectivity index (χ1n) is 14.0. The lowest BCUT2D eigenvalue weighted by Crippen LogP contribution is -2.48. The van der Waals surface area contributed by atoms with E-state index >= 15 is 0 Å². The number of hydrogen-bond donors (Lipinski definition) is 3. The highest BCUT2D eigenvalue weighted by molar-refractivity contribution is 5.99. The van der Waals surface area contributed by atoms with Crippen molar-refractivity contribution in [2.24, 2.45) is 0 Å². The molecule has 2 amide bonds. The van der Waals surface area contributed by atoms with Gasteiger partial charge in [0.05, 0.1) is 17.7 Å². The molecule has 0 fully saturated rings. The molecule has 2 atom stereocenters. The summed E-state index contributed by atoms with van der Waals surface area (Å²) in [5.74, 6) is -1.66. The highest BCUT2D eigenvalue weighted by atomic mass is 19.4. The van der Waals surface area contributed by atoms with E-state index in [9.17, 15) is 32.3 Å². The smallest absolute Gasteiger partial charge is 0.390 e. The number of halogens is 4. The maximum atomic E-state index is 13.8. The molecule has 0 radical (unpaired) electrons. The summed E-state index contributed by atoms with van der Waals surface area (Å²) in [6.07, 6.45) is -3.94. The second-order valence-electron chi connectivity index (χ2n) is 10.2. The van der Waals surface area contributed by atoms with Crippen molar-refractivity contribution in [3.63, 3.8) is 0 Å². The number of amides is 2. The Kier molecular flexibility index (Phi) is 12.1. The number of carbonyl (C=O) groups is 2. The lowest BCUT2D eigenvalue weighted by atomic mass is 10.00. The molecule has 3 N–H and O–H groups in total. The Bertz CT molecular complexity index is 1310. The van der Waals surface area contributed by atoms with Gasteiger partial charge in [-0.05, 0) is 66.8 Å². The van der Waals surface area contributed by atoms with Crippen molar-refractivity contribution in [1.29, 1.82) is 0 Å². The first-order valence-corrected chi connectivity index (χ1v) is 14.0. The molecule has 0 aliphatic heterocycles. The predicted molar refractivity (Wildman–Crippen MR) is 153 cm³/mol. The Labute approximate surface area is 243 Å². The van der Waals surface area contributed by atoms with Crippen LogP contribution in [0.15, 0.2) is 72.8 Å². The zero-order valence-corrected chi connectivity index (χ0v) is 23.8. The lowest BCUT2D eigenvalue weighted by Gasteiger charge is -2.25. The number of nitrogens with one attached hydrogen (secondary N) is 2. The van der Waals surface area contributed by atoms with Crippen molar-refractivity contribution in [2.45, 2.75) is 58.0 Å². The SMILES string of the molecule is CCCN(CCC)C(=O)c1cccc(C(=O)N[C@@H](Cc2ccccc2)[C@H](O)CNCc2cc(F)cc(C(F)(F)F)c2)c1. The molecule has 0 aliphatic rings. The Hall–Kier alpha value is -3.76. The minimum absolute atomic E-state index is 0.0693. The second kappa shape index (κ2) is 15.5.